The van der Waals surface area contributed by atoms with Gasteiger partial charge in [-0.1, -0.05) is 24.3 Å². The summed E-state index contributed by atoms with van der Waals surface area (Å²) in [4.78, 5) is 38.4. The first-order chi connectivity index (χ1) is 13.6. The lowest BCUT2D eigenvalue weighted by Crippen LogP contribution is -2.42. The van der Waals surface area contributed by atoms with Crippen molar-refractivity contribution in [1.82, 2.24) is 0 Å². The van der Waals surface area contributed by atoms with Crippen LogP contribution in [0.5, 0.6) is 0 Å². The molecule has 2 N–H and O–H groups in total. The summed E-state index contributed by atoms with van der Waals surface area (Å²) in [6, 6.07) is 13.2. The van der Waals surface area contributed by atoms with Crippen LogP contribution in [-0.4, -0.2) is 24.3 Å². The van der Waals surface area contributed by atoms with E-state index in [1.807, 2.05) is 18.2 Å². The molecule has 6 nitrogen and oxygen atoms in total. The number of nitrogens with one attached hydrogen (secondary N) is 2. The van der Waals surface area contributed by atoms with Gasteiger partial charge in [0.05, 0.1) is 11.4 Å². The van der Waals surface area contributed by atoms with Crippen LogP contribution in [0.4, 0.5) is 17.1 Å². The molecule has 2 aromatic rings. The molecule has 3 amide bonds. The summed E-state index contributed by atoms with van der Waals surface area (Å²) in [5.74, 6) is -0.637. The number of carbonyl (C=O) groups is 3. The van der Waals surface area contributed by atoms with Crippen molar-refractivity contribution in [2.24, 2.45) is 0 Å². The molecular weight excluding hydrogens is 354 g/mol. The highest BCUT2D eigenvalue weighted by molar-refractivity contribution is 6.10. The van der Waals surface area contributed by atoms with Crippen LogP contribution in [0.25, 0.3) is 0 Å². The minimum Gasteiger partial charge on any atom is -0.326 e. The predicted molar refractivity (Wildman–Crippen MR) is 108 cm³/mol. The molecular formula is C22H23N3O3. The summed E-state index contributed by atoms with van der Waals surface area (Å²) in [7, 11) is 0. The van der Waals surface area contributed by atoms with E-state index in [0.29, 0.717) is 11.4 Å². The van der Waals surface area contributed by atoms with E-state index in [4.69, 9.17) is 0 Å². The molecule has 0 saturated carbocycles. The predicted octanol–water partition coefficient (Wildman–Crippen LogP) is 3.27. The van der Waals surface area contributed by atoms with Crippen LogP contribution in [0.15, 0.2) is 42.5 Å². The van der Waals surface area contributed by atoms with E-state index in [1.54, 1.807) is 18.2 Å². The van der Waals surface area contributed by atoms with Crippen LogP contribution >= 0.6 is 0 Å². The fourth-order valence-electron chi connectivity index (χ4n) is 3.92. The quantitative estimate of drug-likeness (QED) is 0.858. The fraction of sp³-hybridized carbons (Fsp3) is 0.318. The van der Waals surface area contributed by atoms with E-state index >= 15 is 0 Å². The number of fused-ring (bicyclic) bond motifs is 2. The van der Waals surface area contributed by atoms with E-state index in [9.17, 15) is 14.4 Å². The van der Waals surface area contributed by atoms with Crippen molar-refractivity contribution in [3.8, 4) is 0 Å². The van der Waals surface area contributed by atoms with Crippen LogP contribution in [0.3, 0.4) is 0 Å². The number of anilines is 3. The molecule has 0 fully saturated rings. The third-order valence-electron chi connectivity index (χ3n) is 5.31. The Balaban J connectivity index is 1.39. The van der Waals surface area contributed by atoms with Gasteiger partial charge in [-0.3, -0.25) is 14.4 Å². The lowest BCUT2D eigenvalue weighted by molar-refractivity contribution is -0.124. The van der Waals surface area contributed by atoms with Gasteiger partial charge in [0.15, 0.2) is 0 Å². The van der Waals surface area contributed by atoms with Crippen molar-refractivity contribution >= 4 is 34.8 Å². The molecule has 2 aliphatic rings. The summed E-state index contributed by atoms with van der Waals surface area (Å²) in [6.45, 7) is -0.0241. The number of aryl methyl sites for hydroxylation is 1. The zero-order chi connectivity index (χ0) is 19.5. The minimum absolute atomic E-state index is 0.0241. The fourth-order valence-corrected chi connectivity index (χ4v) is 3.92. The van der Waals surface area contributed by atoms with Gasteiger partial charge in [-0.2, -0.15) is 0 Å². The Hall–Kier alpha value is -3.15. The Bertz CT molecular complexity index is 938. The maximum absolute atomic E-state index is 12.7. The Morgan fingerprint density at radius 1 is 1.00 bits per heavy atom. The standard InChI is InChI=1S/C22H23N3O3/c26-20(23-17-10-5-7-15-6-1-2-8-16(15)17)12-13-22(28)25-14-21(27)24-18-9-3-4-11-19(18)25/h3-5,7,9-11H,1-2,6,8,12-14H2,(H,23,26)(H,24,27). The van der Waals surface area contributed by atoms with Crippen molar-refractivity contribution in [2.75, 3.05) is 22.1 Å². The van der Waals surface area contributed by atoms with Gasteiger partial charge in [0.2, 0.25) is 17.7 Å². The van der Waals surface area contributed by atoms with Crippen molar-refractivity contribution in [1.29, 1.82) is 0 Å². The normalized spacial score (nSPS) is 15.3. The number of rotatable bonds is 4. The van der Waals surface area contributed by atoms with Gasteiger partial charge in [0.25, 0.3) is 0 Å². The van der Waals surface area contributed by atoms with E-state index < -0.39 is 0 Å². The third kappa shape index (κ3) is 3.76. The molecule has 2 aromatic carbocycles. The van der Waals surface area contributed by atoms with Crippen molar-refractivity contribution in [3.63, 3.8) is 0 Å². The maximum Gasteiger partial charge on any atom is 0.244 e. The van der Waals surface area contributed by atoms with Gasteiger partial charge in [-0.25, -0.2) is 0 Å². The first-order valence-corrected chi connectivity index (χ1v) is 9.71. The third-order valence-corrected chi connectivity index (χ3v) is 5.31. The molecule has 0 radical (unpaired) electrons. The lowest BCUT2D eigenvalue weighted by Gasteiger charge is -2.29. The molecule has 1 aliphatic heterocycles. The molecule has 0 aromatic heterocycles. The van der Waals surface area contributed by atoms with E-state index in [1.165, 1.54) is 22.4 Å². The van der Waals surface area contributed by atoms with Crippen LogP contribution in [0.2, 0.25) is 0 Å². The van der Waals surface area contributed by atoms with Crippen molar-refractivity contribution in [2.45, 2.75) is 38.5 Å². The molecule has 0 saturated heterocycles. The summed E-state index contributed by atoms with van der Waals surface area (Å²) < 4.78 is 0. The summed E-state index contributed by atoms with van der Waals surface area (Å²) >= 11 is 0. The summed E-state index contributed by atoms with van der Waals surface area (Å²) in [5.41, 5.74) is 4.67. The van der Waals surface area contributed by atoms with E-state index in [-0.39, 0.29) is 37.1 Å². The smallest absolute Gasteiger partial charge is 0.244 e. The van der Waals surface area contributed by atoms with Gasteiger partial charge < -0.3 is 15.5 Å². The van der Waals surface area contributed by atoms with Gasteiger partial charge in [0.1, 0.15) is 6.54 Å². The molecule has 0 unspecified atom stereocenters. The zero-order valence-electron chi connectivity index (χ0n) is 15.7. The van der Waals surface area contributed by atoms with Gasteiger partial charge in [0, 0.05) is 18.5 Å². The van der Waals surface area contributed by atoms with Crippen molar-refractivity contribution in [3.05, 3.63) is 53.6 Å². The molecule has 4 rings (SSSR count). The number of benzene rings is 2. The largest absolute Gasteiger partial charge is 0.326 e. The van der Waals surface area contributed by atoms with Crippen LogP contribution in [0.1, 0.15) is 36.8 Å². The van der Waals surface area contributed by atoms with E-state index in [0.717, 1.165) is 24.9 Å². The van der Waals surface area contributed by atoms with Gasteiger partial charge in [-0.15, -0.1) is 0 Å². The Morgan fingerprint density at radius 3 is 2.71 bits per heavy atom. The maximum atomic E-state index is 12.7. The van der Waals surface area contributed by atoms with Crippen LogP contribution in [0, 0.1) is 0 Å². The lowest BCUT2D eigenvalue weighted by atomic mass is 9.90. The molecule has 6 heteroatoms. The second kappa shape index (κ2) is 7.84. The van der Waals surface area contributed by atoms with E-state index in [2.05, 4.69) is 16.7 Å². The molecule has 1 heterocycles. The Morgan fingerprint density at radius 2 is 1.82 bits per heavy atom. The second-order valence-electron chi connectivity index (χ2n) is 7.24. The Labute approximate surface area is 163 Å². The first-order valence-electron chi connectivity index (χ1n) is 9.71. The number of hydrogen-bond donors (Lipinski definition) is 2. The minimum atomic E-state index is -0.229. The molecule has 144 valence electrons. The number of hydrogen-bond acceptors (Lipinski definition) is 3. The van der Waals surface area contributed by atoms with Crippen LogP contribution < -0.4 is 15.5 Å². The van der Waals surface area contributed by atoms with Gasteiger partial charge in [-0.05, 0) is 55.0 Å². The highest BCUT2D eigenvalue weighted by atomic mass is 16.2. The number of para-hydroxylation sites is 2. The molecule has 28 heavy (non-hydrogen) atoms. The average Bonchev–Trinajstić information content (AvgIpc) is 2.71. The number of nitrogens with zero attached hydrogens (tertiary/aromatic N) is 1. The SMILES string of the molecule is O=C1CN(C(=O)CCC(=O)Nc2cccc3c2CCCC3)c2ccccc2N1. The molecule has 0 atom stereocenters. The first kappa shape index (κ1) is 18.2. The second-order valence-corrected chi connectivity index (χ2v) is 7.24. The zero-order valence-corrected chi connectivity index (χ0v) is 15.7. The Kier molecular flexibility index (Phi) is 5.10. The van der Waals surface area contributed by atoms with Crippen molar-refractivity contribution < 1.29 is 14.4 Å². The molecule has 1 aliphatic carbocycles. The summed E-state index contributed by atoms with van der Waals surface area (Å²) in [5, 5.41) is 5.73. The highest BCUT2D eigenvalue weighted by Gasteiger charge is 2.26. The number of amides is 3. The topological polar surface area (TPSA) is 78.5 Å². The molecule has 0 bridgehead atoms. The average molecular weight is 377 g/mol. The summed E-state index contributed by atoms with van der Waals surface area (Å²) in [6.07, 6.45) is 4.49. The monoisotopic (exact) mass is 377 g/mol. The van der Waals surface area contributed by atoms with Crippen LogP contribution in [-0.2, 0) is 27.2 Å². The molecule has 0 spiro atoms. The van der Waals surface area contributed by atoms with Gasteiger partial charge >= 0.3 is 0 Å². The highest BCUT2D eigenvalue weighted by Crippen LogP contribution is 2.30. The number of carbonyl (C=O) groups excluding carboxylic acids is 3.